The Bertz CT molecular complexity index is 1800. The molecule has 250 valence electrons. The van der Waals surface area contributed by atoms with Gasteiger partial charge in [0.2, 0.25) is 11.8 Å². The number of hydrogen-bond donors (Lipinski definition) is 1. The summed E-state index contributed by atoms with van der Waals surface area (Å²) in [6.45, 7) is 9.08. The van der Waals surface area contributed by atoms with E-state index in [0.717, 1.165) is 10.9 Å². The van der Waals surface area contributed by atoms with E-state index in [1.165, 1.54) is 7.11 Å². The summed E-state index contributed by atoms with van der Waals surface area (Å²) in [5, 5.41) is 32.3. The smallest absolute Gasteiger partial charge is 0.244 e. The summed E-state index contributed by atoms with van der Waals surface area (Å²) in [6, 6.07) is 19.0. The van der Waals surface area contributed by atoms with Crippen LogP contribution in [0.4, 0.5) is 5.95 Å². The van der Waals surface area contributed by atoms with Crippen molar-refractivity contribution in [2.45, 2.75) is 43.6 Å². The van der Waals surface area contributed by atoms with Crippen LogP contribution >= 0.6 is 10.5 Å². The van der Waals surface area contributed by atoms with E-state index >= 15 is 0 Å². The summed E-state index contributed by atoms with van der Waals surface area (Å²) in [6.07, 6.45) is 0.959. The molecule has 0 aliphatic heterocycles. The number of hydrogen-bond acceptors (Lipinski definition) is 9. The molecule has 4 aromatic rings. The molecule has 2 aromatic heterocycles. The molecular formula is C33H42N6O5S2Si. The molecule has 0 fully saturated rings. The van der Waals surface area contributed by atoms with Crippen molar-refractivity contribution in [3.05, 3.63) is 65.7 Å². The number of aromatic nitrogens is 4. The van der Waals surface area contributed by atoms with E-state index in [0.29, 0.717) is 52.3 Å². The fourth-order valence-electron chi connectivity index (χ4n) is 4.84. The topological polar surface area (TPSA) is 136 Å². The average molecular weight is 695 g/mol. The number of methoxy groups -OCH3 is 3. The fourth-order valence-corrected chi connectivity index (χ4v) is 8.27. The predicted octanol–water partition coefficient (Wildman–Crippen LogP) is 5.85. The number of aliphatic hydroxyl groups excluding tert-OH is 1. The minimum Gasteiger partial charge on any atom is -0.494 e. The molecule has 2 heterocycles. The first-order chi connectivity index (χ1) is 22.5. The fraction of sp³-hybridized carbons (Fsp3) is 0.364. The molecule has 0 amide bonds. The summed E-state index contributed by atoms with van der Waals surface area (Å²) >= 11 is 0. The summed E-state index contributed by atoms with van der Waals surface area (Å²) in [5.41, 5.74) is 2.13. The van der Waals surface area contributed by atoms with Crippen LogP contribution in [0.15, 0.2) is 59.5 Å². The maximum absolute atomic E-state index is 14.5. The number of aliphatic hydroxyl groups is 1. The van der Waals surface area contributed by atoms with E-state index in [4.69, 9.17) is 14.2 Å². The van der Waals surface area contributed by atoms with Gasteiger partial charge in [-0.25, -0.2) is 9.19 Å². The first-order valence-electron chi connectivity index (χ1n) is 15.0. The van der Waals surface area contributed by atoms with Gasteiger partial charge < -0.3 is 19.3 Å². The third-order valence-corrected chi connectivity index (χ3v) is 12.4. The number of nitriles is 1. The van der Waals surface area contributed by atoms with Crippen molar-refractivity contribution in [1.29, 1.82) is 5.26 Å². The number of anilines is 1. The van der Waals surface area contributed by atoms with Gasteiger partial charge in [-0.05, 0) is 55.1 Å². The minimum atomic E-state index is -1.77. The van der Waals surface area contributed by atoms with Crippen LogP contribution in [0.2, 0.25) is 25.7 Å². The lowest BCUT2D eigenvalue weighted by molar-refractivity contribution is 0.200. The lowest BCUT2D eigenvalue weighted by Crippen LogP contribution is -2.36. The molecule has 0 bridgehead atoms. The molecule has 1 N–H and O–H groups in total. The standard InChI is InChI=1S/C33H42N6O5S2Si/c1-9-45(5)29-20-23(21-34)16-17-24(29)26(40)22-46(41)38(18-19-47(6,7)8)33-37-36-32(25-12-10-15-30(35-25)44-4)39(33)31-27(42-2)13-11-14-28(31)43-3/h9-17,20,26,40H,18-19,22H2,1-8H3/t26-,45?,46?/m0/s1. The molecular weight excluding hydrogens is 653 g/mol. The van der Waals surface area contributed by atoms with E-state index in [-0.39, 0.29) is 22.2 Å². The lowest BCUT2D eigenvalue weighted by atomic mass is 10.1. The zero-order valence-electron chi connectivity index (χ0n) is 28.1. The van der Waals surface area contributed by atoms with Gasteiger partial charge in [-0.3, -0.25) is 8.87 Å². The Kier molecular flexibility index (Phi) is 12.0. The zero-order chi connectivity index (χ0) is 34.3. The highest BCUT2D eigenvalue weighted by molar-refractivity contribution is 8.14. The van der Waals surface area contributed by atoms with E-state index in [9.17, 15) is 14.6 Å². The van der Waals surface area contributed by atoms with E-state index in [1.54, 1.807) is 71.6 Å². The van der Waals surface area contributed by atoms with Crippen molar-refractivity contribution in [1.82, 2.24) is 19.7 Å². The normalized spacial score (nSPS) is 13.4. The highest BCUT2D eigenvalue weighted by Gasteiger charge is 2.31. The molecule has 0 radical (unpaired) electrons. The van der Waals surface area contributed by atoms with Crippen LogP contribution in [0.3, 0.4) is 0 Å². The Morgan fingerprint density at radius 2 is 1.72 bits per heavy atom. The Morgan fingerprint density at radius 1 is 1.04 bits per heavy atom. The van der Waals surface area contributed by atoms with Crippen molar-refractivity contribution in [2.24, 2.45) is 0 Å². The molecule has 11 nitrogen and oxygen atoms in total. The maximum atomic E-state index is 14.5. The number of pyridine rings is 1. The monoisotopic (exact) mass is 694 g/mol. The summed E-state index contributed by atoms with van der Waals surface area (Å²) < 4.78 is 34.9. The summed E-state index contributed by atoms with van der Waals surface area (Å²) in [7, 11) is 0.910. The SMILES string of the molecule is C/C=S(/C)c1cc(C#N)ccc1[C@@H](O)CS(=O)N(CC[Si](C)(C)C)c1nnc(-c2cccc(OC)n2)n1-c1c(OC)cccc1OC. The number of rotatable bonds is 14. The number of para-hydroxylation sites is 1. The highest BCUT2D eigenvalue weighted by Crippen LogP contribution is 2.39. The van der Waals surface area contributed by atoms with E-state index in [2.05, 4.69) is 40.9 Å². The van der Waals surface area contributed by atoms with Gasteiger partial charge in [0.15, 0.2) is 5.82 Å². The molecule has 0 spiro atoms. The van der Waals surface area contributed by atoms with Gasteiger partial charge >= 0.3 is 0 Å². The lowest BCUT2D eigenvalue weighted by Gasteiger charge is -2.28. The Labute approximate surface area is 282 Å². The zero-order valence-corrected chi connectivity index (χ0v) is 30.7. The first kappa shape index (κ1) is 35.8. The number of benzene rings is 2. The largest absolute Gasteiger partial charge is 0.494 e. The maximum Gasteiger partial charge on any atom is 0.244 e. The van der Waals surface area contributed by atoms with Crippen LogP contribution < -0.4 is 18.5 Å². The van der Waals surface area contributed by atoms with Crippen LogP contribution in [0.25, 0.3) is 17.2 Å². The third kappa shape index (κ3) is 8.28. The molecule has 47 heavy (non-hydrogen) atoms. The Balaban J connectivity index is 1.91. The molecule has 4 rings (SSSR count). The van der Waals surface area contributed by atoms with Crippen molar-refractivity contribution in [3.8, 4) is 40.7 Å². The molecule has 0 saturated carbocycles. The molecule has 0 saturated heterocycles. The van der Waals surface area contributed by atoms with Gasteiger partial charge in [-0.2, -0.15) is 15.7 Å². The Hall–Kier alpha value is -4.03. The van der Waals surface area contributed by atoms with Crippen LogP contribution in [-0.4, -0.2) is 82.4 Å². The highest BCUT2D eigenvalue weighted by atomic mass is 32.2. The third-order valence-electron chi connectivity index (χ3n) is 7.47. The molecule has 14 heteroatoms. The van der Waals surface area contributed by atoms with Gasteiger partial charge in [0.25, 0.3) is 0 Å². The van der Waals surface area contributed by atoms with Gasteiger partial charge in [0.05, 0.1) is 44.8 Å². The molecule has 0 aliphatic rings. The minimum absolute atomic E-state index is 0.103. The van der Waals surface area contributed by atoms with Gasteiger partial charge in [0.1, 0.15) is 33.9 Å². The summed E-state index contributed by atoms with van der Waals surface area (Å²) in [5.74, 6) is 1.91. The average Bonchev–Trinajstić information content (AvgIpc) is 3.50. The number of nitrogens with zero attached hydrogens (tertiary/aromatic N) is 6. The van der Waals surface area contributed by atoms with E-state index < -0.39 is 25.2 Å². The van der Waals surface area contributed by atoms with Gasteiger partial charge in [-0.15, -0.1) is 10.2 Å². The predicted molar refractivity (Wildman–Crippen MR) is 192 cm³/mol. The van der Waals surface area contributed by atoms with Crippen molar-refractivity contribution in [3.63, 3.8) is 0 Å². The second kappa shape index (κ2) is 15.7. The summed E-state index contributed by atoms with van der Waals surface area (Å²) in [4.78, 5) is 5.46. The first-order valence-corrected chi connectivity index (χ1v) is 21.6. The van der Waals surface area contributed by atoms with Gasteiger partial charge in [-0.1, -0.05) is 43.2 Å². The second-order valence-electron chi connectivity index (χ2n) is 11.8. The van der Waals surface area contributed by atoms with E-state index in [1.807, 2.05) is 24.6 Å². The van der Waals surface area contributed by atoms with Crippen LogP contribution in [0.5, 0.6) is 17.4 Å². The van der Waals surface area contributed by atoms with Crippen molar-refractivity contribution < 1.29 is 23.5 Å². The quantitative estimate of drug-likeness (QED) is 0.127. The van der Waals surface area contributed by atoms with Crippen molar-refractivity contribution in [2.75, 3.05) is 44.2 Å². The molecule has 0 aliphatic carbocycles. The van der Waals surface area contributed by atoms with Gasteiger partial charge in [0, 0.05) is 25.6 Å². The Morgan fingerprint density at radius 3 is 2.32 bits per heavy atom. The second-order valence-corrected chi connectivity index (χ2v) is 20.9. The molecule has 2 aromatic carbocycles. The number of ether oxygens (including phenoxy) is 3. The van der Waals surface area contributed by atoms with Crippen molar-refractivity contribution >= 4 is 40.9 Å². The van der Waals surface area contributed by atoms with Crippen LogP contribution in [-0.2, 0) is 11.0 Å². The molecule has 2 unspecified atom stereocenters. The molecule has 3 atom stereocenters. The van der Waals surface area contributed by atoms with Crippen LogP contribution in [0.1, 0.15) is 24.2 Å². The van der Waals surface area contributed by atoms with Crippen LogP contribution in [0, 0.1) is 11.3 Å².